The third-order valence-corrected chi connectivity index (χ3v) is 7.35. The predicted molar refractivity (Wildman–Crippen MR) is 146 cm³/mol. The molecule has 2 aromatic carbocycles. The summed E-state index contributed by atoms with van der Waals surface area (Å²) in [7, 11) is 3.96. The number of likely N-dealkylation sites (tertiary alicyclic amines) is 1. The normalized spacial score (nSPS) is 15.9. The smallest absolute Gasteiger partial charge is 0.366 e. The van der Waals surface area contributed by atoms with Crippen LogP contribution in [-0.4, -0.2) is 63.5 Å². The number of carbonyl (C=O) groups is 1. The molecule has 0 aliphatic carbocycles. The topological polar surface area (TPSA) is 79.8 Å². The van der Waals surface area contributed by atoms with Gasteiger partial charge in [-0.25, -0.2) is 9.50 Å². The quantitative estimate of drug-likeness (QED) is 0.377. The van der Waals surface area contributed by atoms with Crippen molar-refractivity contribution >= 4 is 11.6 Å². The average molecular weight is 547 g/mol. The van der Waals surface area contributed by atoms with Gasteiger partial charge in [0.1, 0.15) is 5.69 Å². The van der Waals surface area contributed by atoms with Gasteiger partial charge in [0.25, 0.3) is 0 Å². The molecule has 1 atom stereocenters. The standard InChI is InChI=1S/C30H29F3N6O/c1-19-6-10-25(29(34)40)28(24(19)11-9-22-16-35-27-5-4-13-36-39(22)27)20-7-8-21(26(15-20)30(31,32)33)17-38-14-12-23(18-38)37(2)3/h4-8,10,13,15-16,23H,12,14,17-18H2,1-3H3,(H2,34,40). The number of aromatic nitrogens is 3. The third kappa shape index (κ3) is 5.43. The van der Waals surface area contributed by atoms with Gasteiger partial charge in [-0.2, -0.15) is 18.3 Å². The number of imidazole rings is 1. The van der Waals surface area contributed by atoms with E-state index < -0.39 is 17.6 Å². The van der Waals surface area contributed by atoms with Crippen molar-refractivity contribution in [2.75, 3.05) is 27.2 Å². The Morgan fingerprint density at radius 3 is 2.67 bits per heavy atom. The van der Waals surface area contributed by atoms with Crippen LogP contribution >= 0.6 is 0 Å². The average Bonchev–Trinajstić information content (AvgIpc) is 3.55. The maximum absolute atomic E-state index is 14.4. The highest BCUT2D eigenvalue weighted by Gasteiger charge is 2.35. The summed E-state index contributed by atoms with van der Waals surface area (Å²) >= 11 is 0. The van der Waals surface area contributed by atoms with E-state index in [4.69, 9.17) is 5.73 Å². The van der Waals surface area contributed by atoms with Gasteiger partial charge in [-0.15, -0.1) is 0 Å². The van der Waals surface area contributed by atoms with Crippen LogP contribution in [0.25, 0.3) is 16.8 Å². The second-order valence-corrected chi connectivity index (χ2v) is 10.2. The first-order valence-electron chi connectivity index (χ1n) is 12.9. The summed E-state index contributed by atoms with van der Waals surface area (Å²) in [6.45, 7) is 3.40. The monoisotopic (exact) mass is 546 g/mol. The summed E-state index contributed by atoms with van der Waals surface area (Å²) in [5.74, 6) is 5.33. The number of likely N-dealkylation sites (N-methyl/N-ethyl adjacent to an activating group) is 1. The lowest BCUT2D eigenvalue weighted by Gasteiger charge is -2.22. The highest BCUT2D eigenvalue weighted by atomic mass is 19.4. The molecule has 1 saturated heterocycles. The lowest BCUT2D eigenvalue weighted by Crippen LogP contribution is -2.31. The SMILES string of the molecule is Cc1ccc(C(N)=O)c(-c2ccc(CN3CCC(N(C)C)C3)c(C(F)(F)F)c2)c1C#Cc1cnc2cccnn12. The summed E-state index contributed by atoms with van der Waals surface area (Å²) in [6.07, 6.45) is -0.510. The fraction of sp³-hybridized carbons (Fsp3) is 0.300. The van der Waals surface area contributed by atoms with E-state index in [2.05, 4.69) is 26.8 Å². The zero-order valence-electron chi connectivity index (χ0n) is 22.5. The van der Waals surface area contributed by atoms with Crippen molar-refractivity contribution in [1.29, 1.82) is 0 Å². The molecule has 2 aromatic heterocycles. The molecule has 1 amide bonds. The minimum atomic E-state index is -4.59. The van der Waals surface area contributed by atoms with Gasteiger partial charge in [-0.1, -0.05) is 24.1 Å². The van der Waals surface area contributed by atoms with E-state index in [1.165, 1.54) is 12.1 Å². The van der Waals surface area contributed by atoms with Gasteiger partial charge in [0.05, 0.1) is 11.8 Å². The summed E-state index contributed by atoms with van der Waals surface area (Å²) in [5.41, 5.74) is 7.95. The molecule has 7 nitrogen and oxygen atoms in total. The molecule has 4 aromatic rings. The molecule has 1 aliphatic heterocycles. The second kappa shape index (κ2) is 10.8. The highest BCUT2D eigenvalue weighted by Crippen LogP contribution is 2.38. The first-order chi connectivity index (χ1) is 19.0. The van der Waals surface area contributed by atoms with Crippen LogP contribution in [0.5, 0.6) is 0 Å². The zero-order chi connectivity index (χ0) is 28.6. The molecule has 1 fully saturated rings. The van der Waals surface area contributed by atoms with Crippen molar-refractivity contribution in [3.8, 4) is 23.0 Å². The number of nitrogens with two attached hydrogens (primary N) is 1. The third-order valence-electron chi connectivity index (χ3n) is 7.35. The first kappa shape index (κ1) is 27.4. The van der Waals surface area contributed by atoms with Crippen LogP contribution in [0.1, 0.15) is 44.7 Å². The molecule has 1 aliphatic rings. The van der Waals surface area contributed by atoms with Crippen LogP contribution in [0.4, 0.5) is 13.2 Å². The second-order valence-electron chi connectivity index (χ2n) is 10.2. The van der Waals surface area contributed by atoms with E-state index in [-0.39, 0.29) is 28.8 Å². The maximum atomic E-state index is 14.4. The molecule has 5 rings (SSSR count). The van der Waals surface area contributed by atoms with Crippen molar-refractivity contribution in [2.45, 2.75) is 32.1 Å². The van der Waals surface area contributed by atoms with E-state index in [9.17, 15) is 18.0 Å². The first-order valence-corrected chi connectivity index (χ1v) is 12.9. The number of fused-ring (bicyclic) bond motifs is 1. The molecule has 1 unspecified atom stereocenters. The van der Waals surface area contributed by atoms with Crippen LogP contribution in [0, 0.1) is 18.8 Å². The Balaban J connectivity index is 1.61. The Morgan fingerprint density at radius 2 is 1.98 bits per heavy atom. The summed E-state index contributed by atoms with van der Waals surface area (Å²) in [4.78, 5) is 20.9. The summed E-state index contributed by atoms with van der Waals surface area (Å²) in [6, 6.07) is 11.3. The number of amides is 1. The van der Waals surface area contributed by atoms with E-state index >= 15 is 0 Å². The maximum Gasteiger partial charge on any atom is 0.416 e. The number of alkyl halides is 3. The van der Waals surface area contributed by atoms with Crippen molar-refractivity contribution in [3.05, 3.63) is 88.4 Å². The van der Waals surface area contributed by atoms with Crippen molar-refractivity contribution in [1.82, 2.24) is 24.4 Å². The van der Waals surface area contributed by atoms with Crippen molar-refractivity contribution in [3.63, 3.8) is 0 Å². The number of primary amides is 1. The molecule has 206 valence electrons. The molecule has 0 saturated carbocycles. The highest BCUT2D eigenvalue weighted by molar-refractivity contribution is 6.01. The number of carbonyl (C=O) groups excluding carboxylic acids is 1. The van der Waals surface area contributed by atoms with Gasteiger partial charge in [0.15, 0.2) is 5.65 Å². The molecule has 3 heterocycles. The van der Waals surface area contributed by atoms with Gasteiger partial charge in [0.2, 0.25) is 5.91 Å². The minimum absolute atomic E-state index is 0.0976. The fourth-order valence-corrected chi connectivity index (χ4v) is 5.17. The van der Waals surface area contributed by atoms with Gasteiger partial charge in [-0.3, -0.25) is 9.69 Å². The largest absolute Gasteiger partial charge is 0.416 e. The fourth-order valence-electron chi connectivity index (χ4n) is 5.17. The molecule has 0 radical (unpaired) electrons. The molecule has 0 bridgehead atoms. The molecule has 40 heavy (non-hydrogen) atoms. The van der Waals surface area contributed by atoms with E-state index in [0.29, 0.717) is 35.1 Å². The molecule has 10 heteroatoms. The molecular weight excluding hydrogens is 517 g/mol. The number of hydrogen-bond acceptors (Lipinski definition) is 5. The van der Waals surface area contributed by atoms with Gasteiger partial charge in [-0.05, 0) is 74.3 Å². The van der Waals surface area contributed by atoms with E-state index in [1.54, 1.807) is 48.1 Å². The Morgan fingerprint density at radius 1 is 1.18 bits per heavy atom. The number of hydrogen-bond donors (Lipinski definition) is 1. The predicted octanol–water partition coefficient (Wildman–Crippen LogP) is 4.36. The van der Waals surface area contributed by atoms with Crippen molar-refractivity contribution in [2.24, 2.45) is 5.73 Å². The number of halogens is 3. The summed E-state index contributed by atoms with van der Waals surface area (Å²) in [5, 5.41) is 4.25. The van der Waals surface area contributed by atoms with E-state index in [0.717, 1.165) is 19.0 Å². The lowest BCUT2D eigenvalue weighted by atomic mass is 9.89. The number of aryl methyl sites for hydroxylation is 1. The van der Waals surface area contributed by atoms with Crippen LogP contribution < -0.4 is 5.73 Å². The van der Waals surface area contributed by atoms with E-state index in [1.807, 2.05) is 19.0 Å². The molecular formula is C30H29F3N6O. The van der Waals surface area contributed by atoms with Crippen LogP contribution in [0.2, 0.25) is 0 Å². The van der Waals surface area contributed by atoms with Gasteiger partial charge < -0.3 is 10.6 Å². The van der Waals surface area contributed by atoms with Crippen LogP contribution in [0.3, 0.4) is 0 Å². The van der Waals surface area contributed by atoms with Crippen molar-refractivity contribution < 1.29 is 18.0 Å². The summed E-state index contributed by atoms with van der Waals surface area (Å²) < 4.78 is 44.7. The van der Waals surface area contributed by atoms with Gasteiger partial charge >= 0.3 is 6.18 Å². The molecule has 0 spiro atoms. The Labute approximate surface area is 230 Å². The van der Waals surface area contributed by atoms with Gasteiger partial charge in [0, 0.05) is 48.6 Å². The Hall–Kier alpha value is -4.20. The minimum Gasteiger partial charge on any atom is -0.366 e. The number of rotatable bonds is 5. The van der Waals surface area contributed by atoms with Crippen LogP contribution in [0.15, 0.2) is 54.9 Å². The zero-order valence-corrected chi connectivity index (χ0v) is 22.5. The van der Waals surface area contributed by atoms with Crippen LogP contribution in [-0.2, 0) is 12.7 Å². The lowest BCUT2D eigenvalue weighted by molar-refractivity contribution is -0.138. The Kier molecular flexibility index (Phi) is 7.36. The number of nitrogens with zero attached hydrogens (tertiary/aromatic N) is 5. The Bertz CT molecular complexity index is 1650. The number of benzene rings is 2. The molecule has 2 N–H and O–H groups in total.